The first kappa shape index (κ1) is 13.3. The Labute approximate surface area is 107 Å². The Hall–Kier alpha value is -0.120. The van der Waals surface area contributed by atoms with E-state index >= 15 is 0 Å². The second-order valence-electron chi connectivity index (χ2n) is 6.00. The summed E-state index contributed by atoms with van der Waals surface area (Å²) >= 11 is 0. The highest BCUT2D eigenvalue weighted by Gasteiger charge is 2.28. The monoisotopic (exact) mass is 239 g/mol. The van der Waals surface area contributed by atoms with Gasteiger partial charge in [-0.1, -0.05) is 13.8 Å². The van der Waals surface area contributed by atoms with E-state index in [4.69, 9.17) is 0 Å². The molecule has 2 aliphatic heterocycles. The molecule has 17 heavy (non-hydrogen) atoms. The van der Waals surface area contributed by atoms with Gasteiger partial charge < -0.3 is 15.1 Å². The van der Waals surface area contributed by atoms with Gasteiger partial charge in [-0.15, -0.1) is 0 Å². The maximum absolute atomic E-state index is 3.51. The molecule has 100 valence electrons. The van der Waals surface area contributed by atoms with Crippen LogP contribution in [0.2, 0.25) is 0 Å². The van der Waals surface area contributed by atoms with Gasteiger partial charge in [0.15, 0.2) is 0 Å². The fraction of sp³-hybridized carbons (Fsp3) is 1.00. The number of hydrogen-bond acceptors (Lipinski definition) is 3. The molecule has 0 saturated carbocycles. The molecular weight excluding hydrogens is 210 g/mol. The van der Waals surface area contributed by atoms with Crippen molar-refractivity contribution in [2.45, 2.75) is 32.7 Å². The van der Waals surface area contributed by atoms with Crippen molar-refractivity contribution in [3.05, 3.63) is 0 Å². The normalized spacial score (nSPS) is 32.5. The molecule has 2 fully saturated rings. The number of hydrogen-bond donors (Lipinski definition) is 1. The number of nitrogens with one attached hydrogen (secondary N) is 1. The summed E-state index contributed by atoms with van der Waals surface area (Å²) in [6, 6.07) is 0.825. The minimum absolute atomic E-state index is 0.825. The van der Waals surface area contributed by atoms with Crippen LogP contribution in [0.1, 0.15) is 26.7 Å². The quantitative estimate of drug-likeness (QED) is 0.797. The van der Waals surface area contributed by atoms with E-state index in [2.05, 4.69) is 36.0 Å². The molecule has 2 heterocycles. The van der Waals surface area contributed by atoms with E-state index in [1.54, 1.807) is 0 Å². The van der Waals surface area contributed by atoms with Crippen molar-refractivity contribution in [3.63, 3.8) is 0 Å². The second kappa shape index (κ2) is 6.17. The number of piperidine rings is 1. The maximum atomic E-state index is 3.51. The molecule has 3 nitrogen and oxygen atoms in total. The van der Waals surface area contributed by atoms with Crippen LogP contribution in [0, 0.1) is 11.8 Å². The van der Waals surface area contributed by atoms with Crippen molar-refractivity contribution in [3.8, 4) is 0 Å². The Morgan fingerprint density at radius 3 is 2.47 bits per heavy atom. The molecule has 2 saturated heterocycles. The zero-order chi connectivity index (χ0) is 12.3. The van der Waals surface area contributed by atoms with Crippen LogP contribution in [0.3, 0.4) is 0 Å². The molecular formula is C14H29N3. The summed E-state index contributed by atoms with van der Waals surface area (Å²) in [6.45, 7) is 12.2. The lowest BCUT2D eigenvalue weighted by Crippen LogP contribution is -2.45. The minimum Gasteiger partial charge on any atom is -0.316 e. The molecule has 2 atom stereocenters. The summed E-state index contributed by atoms with van der Waals surface area (Å²) in [4.78, 5) is 5.20. The number of rotatable bonds is 4. The first-order valence-corrected chi connectivity index (χ1v) is 7.34. The van der Waals surface area contributed by atoms with Gasteiger partial charge in [-0.05, 0) is 64.4 Å². The summed E-state index contributed by atoms with van der Waals surface area (Å²) in [5, 5.41) is 3.51. The van der Waals surface area contributed by atoms with Crippen molar-refractivity contribution < 1.29 is 0 Å². The van der Waals surface area contributed by atoms with E-state index in [0.29, 0.717) is 0 Å². The zero-order valence-electron chi connectivity index (χ0n) is 11.8. The van der Waals surface area contributed by atoms with E-state index < -0.39 is 0 Å². The highest BCUT2D eigenvalue weighted by molar-refractivity contribution is 4.84. The highest BCUT2D eigenvalue weighted by Crippen LogP contribution is 2.21. The summed E-state index contributed by atoms with van der Waals surface area (Å²) < 4.78 is 0. The van der Waals surface area contributed by atoms with Crippen LogP contribution in [-0.4, -0.2) is 62.2 Å². The number of likely N-dealkylation sites (tertiary alicyclic amines) is 1. The summed E-state index contributed by atoms with van der Waals surface area (Å²) in [5.41, 5.74) is 0. The van der Waals surface area contributed by atoms with Crippen LogP contribution in [0.5, 0.6) is 0 Å². The highest BCUT2D eigenvalue weighted by atomic mass is 15.2. The van der Waals surface area contributed by atoms with Crippen molar-refractivity contribution in [2.24, 2.45) is 11.8 Å². The lowest BCUT2D eigenvalue weighted by Gasteiger charge is -2.37. The number of nitrogens with zero attached hydrogens (tertiary/aromatic N) is 2. The molecule has 2 unspecified atom stereocenters. The Morgan fingerprint density at radius 1 is 1.24 bits per heavy atom. The van der Waals surface area contributed by atoms with Crippen molar-refractivity contribution in [1.29, 1.82) is 0 Å². The van der Waals surface area contributed by atoms with Crippen LogP contribution < -0.4 is 5.32 Å². The lowest BCUT2D eigenvalue weighted by atomic mass is 9.95. The molecule has 2 aliphatic rings. The second-order valence-corrected chi connectivity index (χ2v) is 6.00. The van der Waals surface area contributed by atoms with Gasteiger partial charge in [-0.3, -0.25) is 0 Å². The zero-order valence-corrected chi connectivity index (χ0v) is 11.8. The topological polar surface area (TPSA) is 18.5 Å². The summed E-state index contributed by atoms with van der Waals surface area (Å²) in [6.07, 6.45) is 2.72. The molecule has 0 spiro atoms. The smallest absolute Gasteiger partial charge is 0.0117 e. The van der Waals surface area contributed by atoms with Crippen molar-refractivity contribution in [1.82, 2.24) is 15.1 Å². The molecule has 3 heteroatoms. The summed E-state index contributed by atoms with van der Waals surface area (Å²) in [7, 11) is 2.33. The molecule has 0 aromatic heterocycles. The summed E-state index contributed by atoms with van der Waals surface area (Å²) in [5.74, 6) is 1.72. The van der Waals surface area contributed by atoms with Crippen LogP contribution in [-0.2, 0) is 0 Å². The van der Waals surface area contributed by atoms with Gasteiger partial charge in [0.25, 0.3) is 0 Å². The van der Waals surface area contributed by atoms with Crippen molar-refractivity contribution in [2.75, 3.05) is 46.3 Å². The molecule has 0 radical (unpaired) electrons. The van der Waals surface area contributed by atoms with E-state index in [1.165, 1.54) is 52.1 Å². The fourth-order valence-electron chi connectivity index (χ4n) is 3.30. The molecule has 0 aromatic rings. The SMILES string of the molecule is CCN1CCC(N(C)CC2CNCC2C)CC1. The Morgan fingerprint density at radius 2 is 1.94 bits per heavy atom. The Kier molecular flexibility index (Phi) is 4.83. The average molecular weight is 239 g/mol. The minimum atomic E-state index is 0.825. The van der Waals surface area contributed by atoms with Crippen LogP contribution in [0.4, 0.5) is 0 Å². The molecule has 0 aromatic carbocycles. The van der Waals surface area contributed by atoms with Crippen LogP contribution in [0.25, 0.3) is 0 Å². The van der Waals surface area contributed by atoms with Crippen LogP contribution >= 0.6 is 0 Å². The standard InChI is InChI=1S/C14H29N3/c1-4-17-7-5-14(6-8-17)16(3)11-13-10-15-9-12(13)2/h12-15H,4-11H2,1-3H3. The van der Waals surface area contributed by atoms with E-state index in [-0.39, 0.29) is 0 Å². The van der Waals surface area contributed by atoms with E-state index in [9.17, 15) is 0 Å². The van der Waals surface area contributed by atoms with Gasteiger partial charge in [0.1, 0.15) is 0 Å². The van der Waals surface area contributed by atoms with Gasteiger partial charge >= 0.3 is 0 Å². The maximum Gasteiger partial charge on any atom is 0.0117 e. The predicted octanol–water partition coefficient (Wildman–Crippen LogP) is 1.26. The lowest BCUT2D eigenvalue weighted by molar-refractivity contribution is 0.115. The Balaban J connectivity index is 1.74. The fourth-order valence-corrected chi connectivity index (χ4v) is 3.30. The molecule has 0 bridgehead atoms. The first-order chi connectivity index (χ1) is 8.20. The third-order valence-corrected chi connectivity index (χ3v) is 4.83. The third kappa shape index (κ3) is 3.43. The van der Waals surface area contributed by atoms with Gasteiger partial charge in [-0.25, -0.2) is 0 Å². The molecule has 2 rings (SSSR count). The van der Waals surface area contributed by atoms with Crippen LogP contribution in [0.15, 0.2) is 0 Å². The van der Waals surface area contributed by atoms with Gasteiger partial charge in [-0.2, -0.15) is 0 Å². The predicted molar refractivity (Wildman–Crippen MR) is 73.3 cm³/mol. The van der Waals surface area contributed by atoms with E-state index in [1.807, 2.05) is 0 Å². The van der Waals surface area contributed by atoms with Crippen molar-refractivity contribution >= 4 is 0 Å². The van der Waals surface area contributed by atoms with Gasteiger partial charge in [0.05, 0.1) is 0 Å². The first-order valence-electron chi connectivity index (χ1n) is 7.34. The van der Waals surface area contributed by atoms with Gasteiger partial charge in [0.2, 0.25) is 0 Å². The third-order valence-electron chi connectivity index (χ3n) is 4.83. The molecule has 1 N–H and O–H groups in total. The molecule has 0 aliphatic carbocycles. The van der Waals surface area contributed by atoms with Gasteiger partial charge in [0, 0.05) is 12.6 Å². The average Bonchev–Trinajstić information content (AvgIpc) is 2.75. The largest absolute Gasteiger partial charge is 0.316 e. The molecule has 0 amide bonds. The van der Waals surface area contributed by atoms with E-state index in [0.717, 1.165) is 17.9 Å². The Bertz CT molecular complexity index is 224.